The maximum atomic E-state index is 10.8. The second-order valence-corrected chi connectivity index (χ2v) is 6.26. The van der Waals surface area contributed by atoms with Crippen LogP contribution in [0.3, 0.4) is 0 Å². The number of ether oxygens (including phenoxy) is 2. The molecule has 120 valence electrons. The van der Waals surface area contributed by atoms with Crippen LogP contribution in [0.25, 0.3) is 0 Å². The van der Waals surface area contributed by atoms with Gasteiger partial charge in [-0.3, -0.25) is 0 Å². The van der Waals surface area contributed by atoms with Crippen LogP contribution >= 0.6 is 0 Å². The lowest BCUT2D eigenvalue weighted by Gasteiger charge is -1.98. The van der Waals surface area contributed by atoms with E-state index in [1.807, 2.05) is 0 Å². The number of epoxide rings is 2. The summed E-state index contributed by atoms with van der Waals surface area (Å²) in [7, 11) is -5.34. The van der Waals surface area contributed by atoms with Crippen molar-refractivity contribution in [1.29, 1.82) is 0 Å². The largest absolute Gasteiger partial charge is 0.511 e. The van der Waals surface area contributed by atoms with E-state index in [1.165, 1.54) is 0 Å². The summed E-state index contributed by atoms with van der Waals surface area (Å²) in [4.78, 5) is 0. The molecule has 0 aromatic carbocycles. The fraction of sp³-hybridized carbons (Fsp3) is 0.700. The van der Waals surface area contributed by atoms with E-state index in [4.69, 9.17) is 9.47 Å². The van der Waals surface area contributed by atoms with E-state index in [9.17, 15) is 21.6 Å². The molecule has 21 heavy (non-hydrogen) atoms. The van der Waals surface area contributed by atoms with Gasteiger partial charge < -0.3 is 9.47 Å². The van der Waals surface area contributed by atoms with Gasteiger partial charge in [0.15, 0.2) is 0 Å². The Labute approximate surface area is 119 Å². The lowest BCUT2D eigenvalue weighted by atomic mass is 10.5. The predicted molar refractivity (Wildman–Crippen MR) is 63.3 cm³/mol. The molecule has 0 radical (unpaired) electrons. The molecule has 0 spiro atoms. The lowest BCUT2D eigenvalue weighted by molar-refractivity contribution is -0.697. The number of halogens is 3. The Morgan fingerprint density at radius 3 is 2.24 bits per heavy atom. The fourth-order valence-corrected chi connectivity index (χ4v) is 1.47. The Bertz CT molecular complexity index is 550. The highest BCUT2D eigenvalue weighted by atomic mass is 32.2. The van der Waals surface area contributed by atoms with Crippen molar-refractivity contribution in [3.05, 3.63) is 18.7 Å². The molecular formula is C10H15F3N3O4S+. The van der Waals surface area contributed by atoms with Gasteiger partial charge in [0, 0.05) is 0 Å². The normalized spacial score (nSPS) is 24.2. The summed E-state index contributed by atoms with van der Waals surface area (Å²) in [6, 6.07) is 0. The van der Waals surface area contributed by atoms with Gasteiger partial charge in [0.1, 0.15) is 37.7 Å². The first kappa shape index (κ1) is 16.2. The van der Waals surface area contributed by atoms with E-state index in [-0.39, 0.29) is 0 Å². The average molecular weight is 330 g/mol. The number of hydrogen-bond acceptors (Lipinski definition) is 4. The van der Waals surface area contributed by atoms with Gasteiger partial charge in [-0.1, -0.05) is 0 Å². The van der Waals surface area contributed by atoms with Crippen LogP contribution in [0.4, 0.5) is 13.2 Å². The summed E-state index contributed by atoms with van der Waals surface area (Å²) in [6.45, 7) is 3.81. The molecule has 2 saturated heterocycles. The smallest absolute Gasteiger partial charge is 0.369 e. The predicted octanol–water partition coefficient (Wildman–Crippen LogP) is -0.632. The molecular weight excluding hydrogens is 315 g/mol. The van der Waals surface area contributed by atoms with Crippen LogP contribution in [0.15, 0.2) is 18.7 Å². The van der Waals surface area contributed by atoms with Gasteiger partial charge in [-0.05, 0) is 0 Å². The molecule has 0 amide bonds. The highest BCUT2D eigenvalue weighted by molar-refractivity contribution is 7.90. The first-order valence-electron chi connectivity index (χ1n) is 6.02. The van der Waals surface area contributed by atoms with E-state index in [0.29, 0.717) is 12.2 Å². The van der Waals surface area contributed by atoms with Crippen molar-refractivity contribution in [1.82, 2.24) is 4.57 Å². The molecule has 2 aliphatic rings. The van der Waals surface area contributed by atoms with Gasteiger partial charge in [0.25, 0.3) is 0 Å². The molecule has 2 unspecified atom stereocenters. The minimum Gasteiger partial charge on any atom is -0.369 e. The zero-order valence-electron chi connectivity index (χ0n) is 10.9. The van der Waals surface area contributed by atoms with Crippen LogP contribution < -0.4 is 9.71 Å². The molecule has 0 saturated carbocycles. The number of rotatable bonds is 4. The van der Waals surface area contributed by atoms with Crippen LogP contribution in [-0.2, 0) is 32.6 Å². The molecule has 11 heteroatoms. The maximum absolute atomic E-state index is 10.8. The van der Waals surface area contributed by atoms with Crippen molar-refractivity contribution in [2.24, 2.45) is 5.14 Å². The first-order valence-corrected chi connectivity index (χ1v) is 7.57. The van der Waals surface area contributed by atoms with Gasteiger partial charge in [-0.15, -0.1) is 0 Å². The van der Waals surface area contributed by atoms with Gasteiger partial charge in [0.05, 0.1) is 13.2 Å². The monoisotopic (exact) mass is 330 g/mol. The topological polar surface area (TPSA) is 94.0 Å². The number of sulfonamides is 1. The molecule has 7 nitrogen and oxygen atoms in total. The summed E-state index contributed by atoms with van der Waals surface area (Å²) in [5, 5.41) is 3.66. The van der Waals surface area contributed by atoms with Crippen molar-refractivity contribution in [3.63, 3.8) is 0 Å². The Balaban J connectivity index is 0.000000177. The first-order chi connectivity index (χ1) is 9.65. The third-order valence-electron chi connectivity index (χ3n) is 2.70. The second-order valence-electron chi connectivity index (χ2n) is 4.71. The molecule has 0 aliphatic carbocycles. The standard InChI is InChI=1S/C9H13N2O2.CH2F3NO2S/c1-2-11(4-9-6-13-9)7-10(1)3-8-5-12-8;2-1(3,4)8(5,6)7/h1-2,7-9H,3-6H2;(H2,5,6,7)/q+1;. The van der Waals surface area contributed by atoms with E-state index in [0.717, 1.165) is 26.3 Å². The van der Waals surface area contributed by atoms with Crippen LogP contribution in [0.1, 0.15) is 0 Å². The third kappa shape index (κ3) is 5.61. The van der Waals surface area contributed by atoms with Crippen LogP contribution in [-0.4, -0.2) is 43.9 Å². The maximum Gasteiger partial charge on any atom is 0.511 e. The van der Waals surface area contributed by atoms with Gasteiger partial charge in [-0.25, -0.2) is 22.7 Å². The van der Waals surface area contributed by atoms with Crippen LogP contribution in [0, 0.1) is 0 Å². The van der Waals surface area contributed by atoms with Crippen molar-refractivity contribution in [2.45, 2.75) is 30.8 Å². The van der Waals surface area contributed by atoms with E-state index in [1.54, 1.807) is 0 Å². The molecule has 1 aromatic heterocycles. The number of alkyl halides is 3. The number of imidazole rings is 1. The van der Waals surface area contributed by atoms with Gasteiger partial charge in [-0.2, -0.15) is 13.2 Å². The summed E-state index contributed by atoms with van der Waals surface area (Å²) in [5.41, 5.74) is -5.31. The minimum absolute atomic E-state index is 0.457. The van der Waals surface area contributed by atoms with E-state index >= 15 is 0 Å². The van der Waals surface area contributed by atoms with Crippen molar-refractivity contribution in [3.8, 4) is 0 Å². The Morgan fingerprint density at radius 1 is 1.29 bits per heavy atom. The fourth-order valence-electron chi connectivity index (χ4n) is 1.47. The minimum atomic E-state index is -5.34. The second kappa shape index (κ2) is 5.91. The molecule has 3 rings (SSSR count). The molecule has 2 atom stereocenters. The highest BCUT2D eigenvalue weighted by Crippen LogP contribution is 2.18. The number of hydrogen-bond donors (Lipinski definition) is 1. The molecule has 3 heterocycles. The van der Waals surface area contributed by atoms with Crippen molar-refractivity contribution < 1.29 is 35.6 Å². The number of aromatic nitrogens is 2. The zero-order chi connectivity index (χ0) is 15.7. The van der Waals surface area contributed by atoms with Crippen LogP contribution in [0.5, 0.6) is 0 Å². The van der Waals surface area contributed by atoms with Crippen molar-refractivity contribution in [2.75, 3.05) is 13.2 Å². The van der Waals surface area contributed by atoms with E-state index < -0.39 is 15.5 Å². The molecule has 2 aliphatic heterocycles. The van der Waals surface area contributed by atoms with Crippen molar-refractivity contribution >= 4 is 10.0 Å². The molecule has 2 N–H and O–H groups in total. The Kier molecular flexibility index (Phi) is 4.56. The summed E-state index contributed by atoms with van der Waals surface area (Å²) in [6.07, 6.45) is 7.20. The van der Waals surface area contributed by atoms with Gasteiger partial charge in [0.2, 0.25) is 6.33 Å². The SMILES string of the molecule is NS(=O)(=O)C(F)(F)F.c1c[n+](CC2CO2)cn1CC1CO1. The molecule has 0 bridgehead atoms. The number of nitrogens with zero attached hydrogens (tertiary/aromatic N) is 2. The summed E-state index contributed by atoms with van der Waals surface area (Å²) >= 11 is 0. The molecule has 2 fully saturated rings. The summed E-state index contributed by atoms with van der Waals surface area (Å²) < 4.78 is 65.8. The summed E-state index contributed by atoms with van der Waals surface area (Å²) in [5.74, 6) is 0. The number of primary sulfonamides is 1. The highest BCUT2D eigenvalue weighted by Gasteiger charge is 2.42. The average Bonchev–Trinajstić information content (AvgIpc) is 3.20. The lowest BCUT2D eigenvalue weighted by Crippen LogP contribution is -2.34. The zero-order valence-corrected chi connectivity index (χ0v) is 11.7. The van der Waals surface area contributed by atoms with Gasteiger partial charge >= 0.3 is 15.5 Å². The Morgan fingerprint density at radius 2 is 1.81 bits per heavy atom. The number of nitrogens with two attached hydrogens (primary N) is 1. The molecule has 1 aromatic rings. The van der Waals surface area contributed by atoms with Crippen LogP contribution in [0.2, 0.25) is 0 Å². The van der Waals surface area contributed by atoms with E-state index in [2.05, 4.69) is 33.0 Å². The Hall–Kier alpha value is -1.17. The quantitative estimate of drug-likeness (QED) is 0.587. The third-order valence-corrected chi connectivity index (χ3v) is 3.35.